The van der Waals surface area contributed by atoms with E-state index in [1.54, 1.807) is 0 Å². The molecule has 0 saturated carbocycles. The second kappa shape index (κ2) is 4.28. The first-order valence-corrected chi connectivity index (χ1v) is 4.85. The van der Waals surface area contributed by atoms with Gasteiger partial charge in [0.2, 0.25) is 0 Å². The van der Waals surface area contributed by atoms with Gasteiger partial charge in [0.15, 0.2) is 0 Å². The maximum absolute atomic E-state index is 3.70. The molecule has 0 bridgehead atoms. The van der Waals surface area contributed by atoms with E-state index < -0.39 is 0 Å². The topological polar surface area (TPSA) is 0 Å². The van der Waals surface area contributed by atoms with Crippen molar-refractivity contribution in [3.8, 4) is 0 Å². The van der Waals surface area contributed by atoms with Crippen LogP contribution in [0, 0.1) is 5.41 Å². The fourth-order valence-electron chi connectivity index (χ4n) is 0.549. The van der Waals surface area contributed by atoms with Crippen LogP contribution in [0.15, 0.2) is 12.7 Å². The van der Waals surface area contributed by atoms with E-state index in [0.717, 1.165) is 6.42 Å². The Bertz CT molecular complexity index is 84.6. The average molecular weight is 306 g/mol. The van der Waals surface area contributed by atoms with E-state index >= 15 is 0 Å². The molecule has 0 aromatic carbocycles. The number of allylic oxidation sites excluding steroid dienone is 1. The van der Waals surface area contributed by atoms with Gasteiger partial charge in [0.25, 0.3) is 0 Å². The molecule has 0 radical (unpaired) electrons. The Hall–Kier alpha value is 0.428. The van der Waals surface area contributed by atoms with Gasteiger partial charge in [0, 0.05) is 0 Å². The fourth-order valence-corrected chi connectivity index (χ4v) is 0.950. The van der Waals surface area contributed by atoms with E-state index in [4.69, 9.17) is 0 Å². The minimum absolute atomic E-state index is 0.510. The molecular weight excluding hydrogens is 291 g/mol. The first-order chi connectivity index (χ1) is 4.12. The maximum atomic E-state index is 3.70. The summed E-state index contributed by atoms with van der Waals surface area (Å²) in [6.07, 6.45) is 4.41. The summed E-state index contributed by atoms with van der Waals surface area (Å²) in [5.74, 6) is 0. The number of hydrogen-bond acceptors (Lipinski definition) is 0. The summed E-state index contributed by atoms with van der Waals surface area (Å²) in [6, 6.07) is 0. The molecule has 9 heavy (non-hydrogen) atoms. The van der Waals surface area contributed by atoms with Crippen molar-refractivity contribution in [1.82, 2.24) is 0 Å². The molecule has 1 heteroatoms. The third-order valence-corrected chi connectivity index (χ3v) is 3.50. The van der Waals surface area contributed by atoms with Crippen molar-refractivity contribution < 1.29 is 19.8 Å². The van der Waals surface area contributed by atoms with Gasteiger partial charge in [0.05, 0.1) is 0 Å². The second-order valence-corrected chi connectivity index (χ2v) is 3.91. The molecule has 0 atom stereocenters. The van der Waals surface area contributed by atoms with Gasteiger partial charge < -0.3 is 0 Å². The first kappa shape index (κ1) is 9.43. The Morgan fingerprint density at radius 3 is 2.44 bits per heavy atom. The van der Waals surface area contributed by atoms with Crippen LogP contribution in [0.5, 0.6) is 0 Å². The monoisotopic (exact) mass is 306 g/mol. The quantitative estimate of drug-likeness (QED) is 0.701. The van der Waals surface area contributed by atoms with Gasteiger partial charge in [-0.3, -0.25) is 0 Å². The molecule has 0 aliphatic heterocycles. The molecule has 0 aliphatic carbocycles. The number of rotatable bonds is 4. The molecule has 0 saturated heterocycles. The normalized spacial score (nSPS) is 11.6. The third-order valence-electron chi connectivity index (χ3n) is 1.33. The van der Waals surface area contributed by atoms with Crippen LogP contribution in [-0.2, 0) is 19.8 Å². The Labute approximate surface area is 69.6 Å². The summed E-state index contributed by atoms with van der Waals surface area (Å²) in [5.41, 5.74) is 0.510. The van der Waals surface area contributed by atoms with Gasteiger partial charge in [-0.1, -0.05) is 0 Å². The van der Waals surface area contributed by atoms with Crippen LogP contribution in [0.3, 0.4) is 0 Å². The summed E-state index contributed by atoms with van der Waals surface area (Å²) < 4.78 is 0. The molecule has 0 unspecified atom stereocenters. The van der Waals surface area contributed by atoms with Crippen LogP contribution in [0.4, 0.5) is 0 Å². The van der Waals surface area contributed by atoms with Crippen molar-refractivity contribution in [2.45, 2.75) is 31.5 Å². The van der Waals surface area contributed by atoms with Crippen molar-refractivity contribution in [1.29, 1.82) is 0 Å². The predicted octanol–water partition coefficient (Wildman–Crippen LogP) is 2.94. The van der Waals surface area contributed by atoms with Crippen LogP contribution in [-0.4, -0.2) is 0 Å². The summed E-state index contributed by atoms with van der Waals surface area (Å²) in [6.45, 7) is 8.29. The molecular formula is C8H15Pt. The van der Waals surface area contributed by atoms with Crippen LogP contribution in [0.2, 0.25) is 4.81 Å². The Kier molecular flexibility index (Phi) is 4.48. The van der Waals surface area contributed by atoms with Crippen LogP contribution >= 0.6 is 0 Å². The van der Waals surface area contributed by atoms with E-state index in [0.29, 0.717) is 5.41 Å². The molecule has 0 N–H and O–H groups in total. The molecule has 0 spiro atoms. The Morgan fingerprint density at radius 2 is 2.11 bits per heavy atom. The van der Waals surface area contributed by atoms with Gasteiger partial charge in [-0.05, 0) is 0 Å². The van der Waals surface area contributed by atoms with Gasteiger partial charge >= 0.3 is 69.4 Å². The summed E-state index contributed by atoms with van der Waals surface area (Å²) in [4.78, 5) is 1.24. The van der Waals surface area contributed by atoms with E-state index in [2.05, 4.69) is 40.2 Å². The molecule has 0 aromatic rings. The minimum atomic E-state index is 0.510. The summed E-state index contributed by atoms with van der Waals surface area (Å²) in [7, 11) is 0. The zero-order valence-corrected chi connectivity index (χ0v) is 8.49. The van der Waals surface area contributed by atoms with Crippen molar-refractivity contribution in [3.63, 3.8) is 0 Å². The van der Waals surface area contributed by atoms with E-state index in [1.165, 1.54) is 11.2 Å². The third kappa shape index (κ3) is 4.90. The second-order valence-electron chi connectivity index (χ2n) is 3.10. The van der Waals surface area contributed by atoms with E-state index in [9.17, 15) is 0 Å². The first-order valence-electron chi connectivity index (χ1n) is 3.25. The molecule has 0 nitrogen and oxygen atoms in total. The molecule has 0 aliphatic rings. The van der Waals surface area contributed by atoms with Gasteiger partial charge in [-0.15, -0.1) is 0 Å². The van der Waals surface area contributed by atoms with E-state index in [1.807, 2.05) is 6.08 Å². The van der Waals surface area contributed by atoms with Crippen molar-refractivity contribution >= 4 is 0 Å². The SMILES string of the molecule is C=CCCC(C)(C)[CH2][Pt]. The predicted molar refractivity (Wildman–Crippen MR) is 38.0 cm³/mol. The van der Waals surface area contributed by atoms with Crippen LogP contribution < -0.4 is 0 Å². The molecule has 0 fully saturated rings. The van der Waals surface area contributed by atoms with E-state index in [-0.39, 0.29) is 0 Å². The standard InChI is InChI=1S/C8H15.Pt/c1-5-6-7-8(2,3)4;/h5H,1-2,6-7H2,3-4H3;. The molecule has 0 heterocycles. The molecule has 0 aromatic heterocycles. The molecule has 0 amide bonds. The van der Waals surface area contributed by atoms with Gasteiger partial charge in [-0.2, -0.15) is 0 Å². The number of hydrogen-bond donors (Lipinski definition) is 0. The van der Waals surface area contributed by atoms with Crippen molar-refractivity contribution in [3.05, 3.63) is 12.7 Å². The summed E-state index contributed by atoms with van der Waals surface area (Å²) in [5, 5.41) is 0. The molecule has 57 valence electrons. The Balaban J connectivity index is 3.44. The van der Waals surface area contributed by atoms with Crippen LogP contribution in [0.25, 0.3) is 0 Å². The molecule has 0 rings (SSSR count). The van der Waals surface area contributed by atoms with Crippen molar-refractivity contribution in [2.24, 2.45) is 5.41 Å². The van der Waals surface area contributed by atoms with Crippen LogP contribution in [0.1, 0.15) is 26.7 Å². The zero-order chi connectivity index (χ0) is 7.33. The van der Waals surface area contributed by atoms with Crippen molar-refractivity contribution in [2.75, 3.05) is 0 Å². The fraction of sp³-hybridized carbons (Fsp3) is 0.750. The summed E-state index contributed by atoms with van der Waals surface area (Å²) >= 11 is 2.42. The average Bonchev–Trinajstić information content (AvgIpc) is 1.84. The van der Waals surface area contributed by atoms with Gasteiger partial charge in [0.1, 0.15) is 0 Å². The Morgan fingerprint density at radius 1 is 1.56 bits per heavy atom. The van der Waals surface area contributed by atoms with Gasteiger partial charge in [-0.25, -0.2) is 0 Å². The zero-order valence-electron chi connectivity index (χ0n) is 6.22.